The van der Waals surface area contributed by atoms with Crippen LogP contribution in [0.15, 0.2) is 0 Å². The predicted molar refractivity (Wildman–Crippen MR) is 62.2 cm³/mol. The molecule has 88 valence electrons. The van der Waals surface area contributed by atoms with E-state index in [-0.39, 0.29) is 15.4 Å². The van der Waals surface area contributed by atoms with Gasteiger partial charge in [-0.2, -0.15) is 5.10 Å². The van der Waals surface area contributed by atoms with Crippen molar-refractivity contribution in [1.29, 1.82) is 0 Å². The molecule has 2 heterocycles. The first-order valence-electron chi connectivity index (χ1n) is 4.54. The molecule has 0 atom stereocenters. The third kappa shape index (κ3) is 2.71. The number of carbonyl (C=O) groups is 1. The second kappa shape index (κ2) is 4.68. The van der Waals surface area contributed by atoms with E-state index in [1.165, 1.54) is 0 Å². The lowest BCUT2D eigenvalue weighted by Gasteiger charge is -2.01. The maximum absolute atomic E-state index is 11.7. The molecule has 0 saturated heterocycles. The molecule has 0 spiro atoms. The fraction of sp³-hybridized carbons (Fsp3) is 0.250. The molecule has 0 bridgehead atoms. The highest BCUT2D eigenvalue weighted by Crippen LogP contribution is 2.15. The molecule has 0 saturated carbocycles. The summed E-state index contributed by atoms with van der Waals surface area (Å²) < 4.78 is 0.203. The minimum Gasteiger partial charge on any atom is -0.287 e. The van der Waals surface area contributed by atoms with E-state index >= 15 is 0 Å². The molecule has 1 N–H and O–H groups in total. The van der Waals surface area contributed by atoms with Gasteiger partial charge in [0, 0.05) is 0 Å². The maximum atomic E-state index is 11.7. The molecule has 0 aliphatic heterocycles. The minimum atomic E-state index is -0.459. The topological polar surface area (TPSA) is 93.6 Å². The van der Waals surface area contributed by atoms with Gasteiger partial charge in [-0.05, 0) is 25.4 Å². The van der Waals surface area contributed by atoms with Gasteiger partial charge in [0.05, 0.1) is 11.4 Å². The van der Waals surface area contributed by atoms with Crippen LogP contribution in [0.25, 0.3) is 0 Å². The number of aromatic nitrogens is 5. The smallest absolute Gasteiger partial charge is 0.287 e. The number of hydrogen-bond acceptors (Lipinski definition) is 7. The van der Waals surface area contributed by atoms with Gasteiger partial charge < -0.3 is 0 Å². The molecule has 1 amide bonds. The molecule has 17 heavy (non-hydrogen) atoms. The molecule has 7 nitrogen and oxygen atoms in total. The molecule has 0 fully saturated rings. The molecule has 2 aromatic rings. The molecule has 0 aliphatic carbocycles. The summed E-state index contributed by atoms with van der Waals surface area (Å²) in [6, 6.07) is 0. The number of rotatable bonds is 2. The zero-order chi connectivity index (χ0) is 12.4. The van der Waals surface area contributed by atoms with Crippen LogP contribution in [0.5, 0.6) is 0 Å². The van der Waals surface area contributed by atoms with Crippen molar-refractivity contribution in [3.63, 3.8) is 0 Å². The third-order valence-electron chi connectivity index (χ3n) is 1.91. The summed E-state index contributed by atoms with van der Waals surface area (Å²) in [6.45, 7) is 3.56. The van der Waals surface area contributed by atoms with E-state index < -0.39 is 5.91 Å². The van der Waals surface area contributed by atoms with E-state index in [9.17, 15) is 4.79 Å². The van der Waals surface area contributed by atoms with E-state index in [1.807, 2.05) is 0 Å². The predicted octanol–water partition coefficient (Wildman–Crippen LogP) is 1.25. The van der Waals surface area contributed by atoms with Crippen molar-refractivity contribution >= 4 is 34.8 Å². The number of anilines is 1. The highest BCUT2D eigenvalue weighted by atomic mass is 35.5. The molecule has 9 heteroatoms. The van der Waals surface area contributed by atoms with Crippen LogP contribution in [0.2, 0.25) is 4.47 Å². The Morgan fingerprint density at radius 1 is 1.18 bits per heavy atom. The van der Waals surface area contributed by atoms with Crippen LogP contribution in [0, 0.1) is 13.8 Å². The van der Waals surface area contributed by atoms with Gasteiger partial charge in [0.1, 0.15) is 0 Å². The first-order valence-corrected chi connectivity index (χ1v) is 5.74. The average molecular weight is 271 g/mol. The second-order valence-corrected chi connectivity index (χ2v) is 4.68. The summed E-state index contributed by atoms with van der Waals surface area (Å²) in [5.41, 5.74) is 1.41. The van der Waals surface area contributed by atoms with Crippen molar-refractivity contribution in [2.75, 3.05) is 5.32 Å². The van der Waals surface area contributed by atoms with Crippen LogP contribution in [0.3, 0.4) is 0 Å². The van der Waals surface area contributed by atoms with Crippen LogP contribution >= 0.6 is 22.9 Å². The molecular formula is C8H7ClN6OS. The van der Waals surface area contributed by atoms with Crippen molar-refractivity contribution in [3.8, 4) is 0 Å². The summed E-state index contributed by atoms with van der Waals surface area (Å²) in [7, 11) is 0. The van der Waals surface area contributed by atoms with Crippen molar-refractivity contribution in [2.45, 2.75) is 13.8 Å². The second-order valence-electron chi connectivity index (χ2n) is 3.12. The van der Waals surface area contributed by atoms with E-state index in [4.69, 9.17) is 11.6 Å². The molecule has 0 radical (unpaired) electrons. The lowest BCUT2D eigenvalue weighted by atomic mass is 10.4. The first-order chi connectivity index (χ1) is 8.06. The van der Waals surface area contributed by atoms with Gasteiger partial charge in [0.25, 0.3) is 5.91 Å². The number of amides is 1. The lowest BCUT2D eigenvalue weighted by Crippen LogP contribution is -2.15. The van der Waals surface area contributed by atoms with Crippen LogP contribution in [-0.4, -0.2) is 31.3 Å². The Morgan fingerprint density at radius 2 is 1.94 bits per heavy atom. The summed E-state index contributed by atoms with van der Waals surface area (Å²) in [6.07, 6.45) is 0. The van der Waals surface area contributed by atoms with Crippen molar-refractivity contribution in [3.05, 3.63) is 20.9 Å². The number of nitrogens with zero attached hydrogens (tertiary/aromatic N) is 5. The highest BCUT2D eigenvalue weighted by molar-refractivity contribution is 7.17. The number of halogens is 1. The molecule has 0 unspecified atom stereocenters. The van der Waals surface area contributed by atoms with Crippen LogP contribution in [0.4, 0.5) is 5.95 Å². The Balaban J connectivity index is 2.15. The van der Waals surface area contributed by atoms with Crippen molar-refractivity contribution < 1.29 is 4.79 Å². The van der Waals surface area contributed by atoms with Gasteiger partial charge in [-0.15, -0.1) is 15.3 Å². The van der Waals surface area contributed by atoms with E-state index in [0.29, 0.717) is 11.4 Å². The summed E-state index contributed by atoms with van der Waals surface area (Å²) in [5.74, 6) is -0.330. The molecule has 0 aliphatic rings. The first kappa shape index (κ1) is 11.8. The standard InChI is InChI=1S/C8H7ClN6OS/c1-3-4(2)12-15-8(10-3)11-5(16)6-13-14-7(9)17-6/h1-2H3,(H,10,11,15,16). The zero-order valence-corrected chi connectivity index (χ0v) is 10.5. The zero-order valence-electron chi connectivity index (χ0n) is 8.93. The Labute approximate surface area is 105 Å². The van der Waals surface area contributed by atoms with Gasteiger partial charge in [-0.25, -0.2) is 4.98 Å². The Hall–Kier alpha value is -1.67. The number of nitrogens with one attached hydrogen (secondary N) is 1. The Kier molecular flexibility index (Phi) is 3.25. The van der Waals surface area contributed by atoms with E-state index in [2.05, 4.69) is 30.7 Å². The van der Waals surface area contributed by atoms with Gasteiger partial charge in [-0.1, -0.05) is 11.3 Å². The van der Waals surface area contributed by atoms with Crippen molar-refractivity contribution in [2.24, 2.45) is 0 Å². The van der Waals surface area contributed by atoms with Crippen molar-refractivity contribution in [1.82, 2.24) is 25.4 Å². The van der Waals surface area contributed by atoms with Crippen LogP contribution in [0.1, 0.15) is 21.2 Å². The molecule has 2 rings (SSSR count). The number of hydrogen-bond donors (Lipinski definition) is 1. The van der Waals surface area contributed by atoms with Gasteiger partial charge in [0.15, 0.2) is 0 Å². The molecule has 2 aromatic heterocycles. The maximum Gasteiger partial charge on any atom is 0.289 e. The van der Waals surface area contributed by atoms with Gasteiger partial charge in [0.2, 0.25) is 15.4 Å². The fourth-order valence-electron chi connectivity index (χ4n) is 0.962. The summed E-state index contributed by atoms with van der Waals surface area (Å²) in [4.78, 5) is 15.7. The Morgan fingerprint density at radius 3 is 2.53 bits per heavy atom. The number of aryl methyl sites for hydroxylation is 2. The summed E-state index contributed by atoms with van der Waals surface area (Å²) in [5, 5.41) is 17.3. The largest absolute Gasteiger partial charge is 0.289 e. The highest BCUT2D eigenvalue weighted by Gasteiger charge is 2.14. The van der Waals surface area contributed by atoms with E-state index in [0.717, 1.165) is 11.3 Å². The quantitative estimate of drug-likeness (QED) is 0.882. The molecule has 0 aromatic carbocycles. The lowest BCUT2D eigenvalue weighted by molar-refractivity contribution is 0.102. The van der Waals surface area contributed by atoms with Gasteiger partial charge >= 0.3 is 0 Å². The van der Waals surface area contributed by atoms with Crippen LogP contribution in [-0.2, 0) is 0 Å². The number of carbonyl (C=O) groups excluding carboxylic acids is 1. The SMILES string of the molecule is Cc1nnc(NC(=O)c2nnc(Cl)s2)nc1C. The monoisotopic (exact) mass is 270 g/mol. The fourth-order valence-corrected chi connectivity index (χ4v) is 1.69. The Bertz CT molecular complexity index is 571. The average Bonchev–Trinajstić information content (AvgIpc) is 2.70. The normalized spacial score (nSPS) is 10.3. The third-order valence-corrected chi connectivity index (χ3v) is 2.93. The summed E-state index contributed by atoms with van der Waals surface area (Å²) >= 11 is 6.55. The minimum absolute atomic E-state index is 0.129. The van der Waals surface area contributed by atoms with Gasteiger partial charge in [-0.3, -0.25) is 10.1 Å². The molecular weight excluding hydrogens is 264 g/mol. The van der Waals surface area contributed by atoms with Crippen LogP contribution < -0.4 is 5.32 Å². The van der Waals surface area contributed by atoms with E-state index in [1.54, 1.807) is 13.8 Å².